The lowest BCUT2D eigenvalue weighted by molar-refractivity contribution is -0.151. The van der Waals surface area contributed by atoms with Gasteiger partial charge in [-0.25, -0.2) is 18.0 Å². The molecule has 320 valence electrons. The quantitative estimate of drug-likeness (QED) is 0.0396. The molecule has 0 aliphatic carbocycles. The van der Waals surface area contributed by atoms with E-state index in [1.165, 1.54) is 80.1 Å². The Hall–Kier alpha value is -7.68. The number of carbonyl (C=O) groups is 5. The first kappa shape index (κ1) is 45.4. The van der Waals surface area contributed by atoms with Gasteiger partial charge in [0.05, 0.1) is 35.4 Å². The number of rotatable bonds is 12. The number of hydrogen-bond acceptors (Lipinski definition) is 11. The van der Waals surface area contributed by atoms with Gasteiger partial charge in [0.15, 0.2) is 5.78 Å². The van der Waals surface area contributed by atoms with Crippen LogP contribution in [0.25, 0.3) is 11.5 Å². The second-order valence-corrected chi connectivity index (χ2v) is 13.8. The third-order valence-corrected chi connectivity index (χ3v) is 9.05. The Morgan fingerprint density at radius 2 is 1.08 bits per heavy atom. The van der Waals surface area contributed by atoms with E-state index in [0.717, 1.165) is 22.8 Å². The molecule has 1 aliphatic rings. The fourth-order valence-corrected chi connectivity index (χ4v) is 5.78. The lowest BCUT2D eigenvalue weighted by Crippen LogP contribution is -2.22. The van der Waals surface area contributed by atoms with Crippen LogP contribution in [-0.4, -0.2) is 64.5 Å². The number of Topliss-reactive ketones (excluding diaryl/α,β-unsaturated/α-hetero) is 2. The number of likely N-dealkylation sites (tertiary alicyclic amines) is 1. The van der Waals surface area contributed by atoms with E-state index in [0.29, 0.717) is 47.7 Å². The number of ketones is 3. The summed E-state index contributed by atoms with van der Waals surface area (Å²) in [6.07, 6.45) is 6.22. The van der Waals surface area contributed by atoms with Gasteiger partial charge < -0.3 is 33.1 Å². The van der Waals surface area contributed by atoms with E-state index in [4.69, 9.17) is 13.3 Å². The number of aliphatic hydroxyl groups is 2. The lowest BCUT2D eigenvalue weighted by Gasteiger charge is -2.03. The van der Waals surface area contributed by atoms with E-state index in [1.807, 2.05) is 0 Å². The SMILES string of the molecule is CC(=O)c1coc(Cc2ccc(F)cc2)c1.CCOC(=O)C(=O)C=C(O)c1coc(Cc2ccc(F)cc2)c1.CN1CC(=C(O)c2coc(Cc3ccc(F)cc3)c2)C(=O)C1=O. The van der Waals surface area contributed by atoms with Crippen molar-refractivity contribution in [3.63, 3.8) is 0 Å². The molecule has 7 rings (SSSR count). The minimum Gasteiger partial charge on any atom is -0.507 e. The van der Waals surface area contributed by atoms with Crippen molar-refractivity contribution in [1.82, 2.24) is 4.90 Å². The van der Waals surface area contributed by atoms with Crippen LogP contribution in [0.15, 0.2) is 135 Å². The average molecular weight is 852 g/mol. The molecule has 62 heavy (non-hydrogen) atoms. The van der Waals surface area contributed by atoms with Gasteiger partial charge in [0.25, 0.3) is 17.5 Å². The Kier molecular flexibility index (Phi) is 15.4. The summed E-state index contributed by atoms with van der Waals surface area (Å²) in [5.74, 6) is -3.10. The summed E-state index contributed by atoms with van der Waals surface area (Å²) in [6, 6.07) is 23.0. The summed E-state index contributed by atoms with van der Waals surface area (Å²) >= 11 is 0. The second-order valence-electron chi connectivity index (χ2n) is 13.8. The van der Waals surface area contributed by atoms with Crippen molar-refractivity contribution >= 4 is 40.7 Å². The minimum absolute atomic E-state index is 0.0193. The molecule has 15 heteroatoms. The van der Waals surface area contributed by atoms with Crippen molar-refractivity contribution in [2.45, 2.75) is 33.1 Å². The highest BCUT2D eigenvalue weighted by Gasteiger charge is 2.34. The number of nitrogens with zero attached hydrogens (tertiary/aromatic N) is 1. The van der Waals surface area contributed by atoms with E-state index in [9.17, 15) is 47.4 Å². The summed E-state index contributed by atoms with van der Waals surface area (Å²) in [7, 11) is 1.50. The van der Waals surface area contributed by atoms with Crippen LogP contribution in [0.2, 0.25) is 0 Å². The fourth-order valence-electron chi connectivity index (χ4n) is 5.78. The highest BCUT2D eigenvalue weighted by atomic mass is 19.1. The summed E-state index contributed by atoms with van der Waals surface area (Å²) in [5, 5.41) is 20.1. The fraction of sp³-hybridized carbons (Fsp3) is 0.170. The molecule has 0 atom stereocenters. The number of furan rings is 3. The van der Waals surface area contributed by atoms with E-state index in [1.54, 1.807) is 55.5 Å². The molecule has 4 heterocycles. The van der Waals surface area contributed by atoms with E-state index in [2.05, 4.69) is 4.74 Å². The predicted octanol–water partition coefficient (Wildman–Crippen LogP) is 8.57. The minimum atomic E-state index is -1.03. The van der Waals surface area contributed by atoms with Crippen LogP contribution in [0.3, 0.4) is 0 Å². The first-order valence-corrected chi connectivity index (χ1v) is 18.9. The van der Waals surface area contributed by atoms with Crippen molar-refractivity contribution < 1.29 is 65.3 Å². The molecule has 12 nitrogen and oxygen atoms in total. The molecule has 1 amide bonds. The summed E-state index contributed by atoms with van der Waals surface area (Å²) in [5.41, 5.74) is 3.87. The summed E-state index contributed by atoms with van der Waals surface area (Å²) in [4.78, 5) is 58.2. The number of likely N-dealkylation sites (N-methyl/N-ethyl adjacent to an activating group) is 1. The number of aliphatic hydroxyl groups excluding tert-OH is 2. The van der Waals surface area contributed by atoms with Crippen molar-refractivity contribution in [3.8, 4) is 0 Å². The first-order chi connectivity index (χ1) is 29.6. The van der Waals surface area contributed by atoms with Crippen molar-refractivity contribution in [1.29, 1.82) is 0 Å². The predicted molar refractivity (Wildman–Crippen MR) is 218 cm³/mol. The van der Waals surface area contributed by atoms with Gasteiger partial charge in [0.1, 0.15) is 65.0 Å². The Morgan fingerprint density at radius 3 is 1.47 bits per heavy atom. The molecule has 0 radical (unpaired) electrons. The molecule has 1 aliphatic heterocycles. The van der Waals surface area contributed by atoms with Crippen LogP contribution >= 0.6 is 0 Å². The number of hydrogen-bond donors (Lipinski definition) is 2. The highest BCUT2D eigenvalue weighted by Crippen LogP contribution is 2.25. The Morgan fingerprint density at radius 1 is 0.677 bits per heavy atom. The molecule has 3 aromatic heterocycles. The topological polar surface area (TPSA) is 178 Å². The highest BCUT2D eigenvalue weighted by molar-refractivity contribution is 6.46. The number of carbonyl (C=O) groups excluding carboxylic acids is 5. The van der Waals surface area contributed by atoms with Crippen molar-refractivity contribution in [2.24, 2.45) is 0 Å². The molecule has 2 N–H and O–H groups in total. The zero-order valence-corrected chi connectivity index (χ0v) is 33.7. The van der Waals surface area contributed by atoms with E-state index in [-0.39, 0.29) is 53.3 Å². The van der Waals surface area contributed by atoms with Gasteiger partial charge in [-0.05, 0) is 85.1 Å². The van der Waals surface area contributed by atoms with E-state index < -0.39 is 29.2 Å². The van der Waals surface area contributed by atoms with Gasteiger partial charge in [0, 0.05) is 32.4 Å². The number of ether oxygens (including phenoxy) is 1. The molecule has 3 aromatic carbocycles. The summed E-state index contributed by atoms with van der Waals surface area (Å²) in [6.45, 7) is 3.22. The largest absolute Gasteiger partial charge is 0.507 e. The molecule has 0 unspecified atom stereocenters. The van der Waals surface area contributed by atoms with Crippen molar-refractivity contribution in [3.05, 3.63) is 190 Å². The number of esters is 1. The van der Waals surface area contributed by atoms with E-state index >= 15 is 0 Å². The third-order valence-electron chi connectivity index (χ3n) is 9.05. The van der Waals surface area contributed by atoms with Crippen LogP contribution in [0, 0.1) is 17.5 Å². The maximum atomic E-state index is 12.9. The van der Waals surface area contributed by atoms with Crippen LogP contribution < -0.4 is 0 Å². The van der Waals surface area contributed by atoms with Gasteiger partial charge >= 0.3 is 5.97 Å². The Balaban J connectivity index is 0.000000179. The smallest absolute Gasteiger partial charge is 0.379 e. The molecule has 0 saturated carbocycles. The number of amides is 1. The maximum Gasteiger partial charge on any atom is 0.379 e. The normalized spacial score (nSPS) is 13.2. The molecule has 1 saturated heterocycles. The third kappa shape index (κ3) is 12.7. The second kappa shape index (κ2) is 21.0. The van der Waals surface area contributed by atoms with Crippen LogP contribution in [0.5, 0.6) is 0 Å². The molecule has 0 bridgehead atoms. The lowest BCUT2D eigenvalue weighted by atomic mass is 10.1. The van der Waals surface area contributed by atoms with Gasteiger partial charge in [-0.3, -0.25) is 19.2 Å². The molecular formula is C47H40F3NO11. The average Bonchev–Trinajstić information content (AvgIpc) is 4.08. The maximum absolute atomic E-state index is 12.9. The van der Waals surface area contributed by atoms with Gasteiger partial charge in [-0.2, -0.15) is 0 Å². The van der Waals surface area contributed by atoms with Gasteiger partial charge in [-0.15, -0.1) is 0 Å². The zero-order chi connectivity index (χ0) is 44.9. The number of benzene rings is 3. The van der Waals surface area contributed by atoms with Crippen molar-refractivity contribution in [2.75, 3.05) is 20.2 Å². The van der Waals surface area contributed by atoms with Crippen LogP contribution in [0.1, 0.15) is 69.3 Å². The van der Waals surface area contributed by atoms with Gasteiger partial charge in [-0.1, -0.05) is 36.4 Å². The van der Waals surface area contributed by atoms with Crippen LogP contribution in [-0.2, 0) is 43.2 Å². The van der Waals surface area contributed by atoms with Gasteiger partial charge in [0.2, 0.25) is 0 Å². The standard InChI is InChI=1S/C17H14FNO4.C17H15FO5.C13H11FO2/c1-19-8-14(16(21)17(19)22)15(20)11-7-13(23-9-11)6-10-2-4-12(18)5-3-10;1-2-22-17(21)16(20)9-15(19)12-8-14(23-10-12)7-11-3-5-13(18)6-4-11;1-9(15)11-7-13(16-8-11)6-10-2-4-12(14)5-3-10/h2-5,7,9,20H,6,8H2,1H3;3-6,8-10,19H,2,7H2,1H3;2-5,7-8H,6H2,1H3. The molecule has 0 spiro atoms. The number of halogens is 3. The van der Waals surface area contributed by atoms with Crippen LogP contribution in [0.4, 0.5) is 13.2 Å². The zero-order valence-electron chi connectivity index (χ0n) is 33.7. The molecule has 1 fully saturated rings. The first-order valence-electron chi connectivity index (χ1n) is 18.9. The summed E-state index contributed by atoms with van der Waals surface area (Å²) < 4.78 is 58.8. The Bertz CT molecular complexity index is 2600. The monoisotopic (exact) mass is 851 g/mol. The Labute approximate surface area is 353 Å². The molecular weight excluding hydrogens is 812 g/mol. The molecule has 6 aromatic rings.